The Balaban J connectivity index is 1.55. The van der Waals surface area contributed by atoms with Crippen molar-refractivity contribution in [2.24, 2.45) is 0 Å². The summed E-state index contributed by atoms with van der Waals surface area (Å²) in [7, 11) is -4.09. The number of nitrogens with zero attached hydrogens (tertiary/aromatic N) is 1. The zero-order valence-corrected chi connectivity index (χ0v) is 22.5. The average Bonchev–Trinajstić information content (AvgIpc) is 2.89. The zero-order chi connectivity index (χ0) is 27.3. The van der Waals surface area contributed by atoms with Crippen molar-refractivity contribution in [3.8, 4) is 6.07 Å². The lowest BCUT2D eigenvalue weighted by Crippen LogP contribution is -2.36. The normalized spacial score (nSPS) is 16.0. The van der Waals surface area contributed by atoms with Gasteiger partial charge in [0.2, 0.25) is 15.9 Å². The van der Waals surface area contributed by atoms with E-state index < -0.39 is 21.9 Å². The van der Waals surface area contributed by atoms with Gasteiger partial charge in [0.25, 0.3) is 0 Å². The number of halogens is 3. The first-order valence-electron chi connectivity index (χ1n) is 11.9. The van der Waals surface area contributed by atoms with E-state index in [1.807, 2.05) is 24.3 Å². The van der Waals surface area contributed by atoms with Gasteiger partial charge in [0.15, 0.2) is 0 Å². The van der Waals surface area contributed by atoms with Gasteiger partial charge >= 0.3 is 0 Å². The van der Waals surface area contributed by atoms with Crippen LogP contribution in [0.4, 0.5) is 4.39 Å². The summed E-state index contributed by atoms with van der Waals surface area (Å²) in [5.41, 5.74) is 3.43. The Morgan fingerprint density at radius 2 is 1.87 bits per heavy atom. The number of hydrogen-bond acceptors (Lipinski definition) is 4. The fourth-order valence-corrected chi connectivity index (χ4v) is 6.10. The zero-order valence-electron chi connectivity index (χ0n) is 20.1. The van der Waals surface area contributed by atoms with E-state index in [2.05, 4.69) is 10.0 Å². The molecule has 1 aliphatic rings. The van der Waals surface area contributed by atoms with Gasteiger partial charge in [0, 0.05) is 12.5 Å². The van der Waals surface area contributed by atoms with Crippen molar-refractivity contribution < 1.29 is 17.6 Å². The first kappa shape index (κ1) is 27.8. The number of aryl methyl sites for hydroxylation is 1. The van der Waals surface area contributed by atoms with E-state index in [0.29, 0.717) is 5.56 Å². The number of carbonyl (C=O) groups is 1. The van der Waals surface area contributed by atoms with E-state index in [4.69, 9.17) is 28.5 Å². The predicted molar refractivity (Wildman–Crippen MR) is 145 cm³/mol. The third kappa shape index (κ3) is 6.80. The topological polar surface area (TPSA) is 99.1 Å². The lowest BCUT2D eigenvalue weighted by molar-refractivity contribution is -0.122. The maximum Gasteiger partial charge on any atom is 0.241 e. The molecule has 196 valence electrons. The molecule has 2 atom stereocenters. The highest BCUT2D eigenvalue weighted by Gasteiger charge is 2.27. The number of fused-ring (bicyclic) bond motifs is 1. The predicted octanol–water partition coefficient (Wildman–Crippen LogP) is 6.27. The molecule has 6 nitrogen and oxygen atoms in total. The van der Waals surface area contributed by atoms with Crippen molar-refractivity contribution in [3.63, 3.8) is 0 Å². The number of benzene rings is 3. The molecule has 0 aromatic heterocycles. The highest BCUT2D eigenvalue weighted by atomic mass is 35.5. The summed E-state index contributed by atoms with van der Waals surface area (Å²) in [6.07, 6.45) is 5.41. The van der Waals surface area contributed by atoms with E-state index in [0.717, 1.165) is 36.0 Å². The van der Waals surface area contributed by atoms with Crippen LogP contribution >= 0.6 is 23.2 Å². The van der Waals surface area contributed by atoms with Gasteiger partial charge in [-0.2, -0.15) is 5.26 Å². The first-order valence-corrected chi connectivity index (χ1v) is 14.1. The molecule has 3 aromatic carbocycles. The van der Waals surface area contributed by atoms with Crippen LogP contribution in [0.3, 0.4) is 0 Å². The molecule has 0 spiro atoms. The molecule has 0 bridgehead atoms. The van der Waals surface area contributed by atoms with Gasteiger partial charge in [0.1, 0.15) is 5.82 Å². The molecule has 38 heavy (non-hydrogen) atoms. The molecule has 1 aliphatic carbocycles. The molecule has 0 fully saturated rings. The van der Waals surface area contributed by atoms with Gasteiger partial charge in [-0.3, -0.25) is 4.79 Å². The number of rotatable bonds is 8. The maximum absolute atomic E-state index is 13.6. The maximum atomic E-state index is 13.6. The van der Waals surface area contributed by atoms with E-state index in [1.165, 1.54) is 48.5 Å². The van der Waals surface area contributed by atoms with E-state index >= 15 is 0 Å². The molecule has 0 saturated heterocycles. The van der Waals surface area contributed by atoms with Crippen LogP contribution in [0.1, 0.15) is 53.6 Å². The van der Waals surface area contributed by atoms with E-state index in [1.54, 1.807) is 6.08 Å². The average molecular weight is 572 g/mol. The number of sulfonamides is 1. The van der Waals surface area contributed by atoms with Crippen molar-refractivity contribution in [3.05, 3.63) is 105 Å². The molecule has 3 aromatic rings. The molecule has 4 rings (SSSR count). The molecule has 0 heterocycles. The minimum atomic E-state index is -4.09. The van der Waals surface area contributed by atoms with Crippen molar-refractivity contribution in [2.75, 3.05) is 0 Å². The molecule has 1 amide bonds. The van der Waals surface area contributed by atoms with Crippen LogP contribution in [0.25, 0.3) is 6.08 Å². The molecule has 2 N–H and O–H groups in total. The van der Waals surface area contributed by atoms with Gasteiger partial charge in [-0.25, -0.2) is 17.5 Å². The van der Waals surface area contributed by atoms with Gasteiger partial charge < -0.3 is 5.32 Å². The Morgan fingerprint density at radius 1 is 1.11 bits per heavy atom. The van der Waals surface area contributed by atoms with Gasteiger partial charge in [-0.15, -0.1) is 0 Å². The minimum Gasteiger partial charge on any atom is -0.349 e. The molecule has 0 saturated carbocycles. The summed E-state index contributed by atoms with van der Waals surface area (Å²) in [6, 6.07) is 15.9. The van der Waals surface area contributed by atoms with Gasteiger partial charge in [0.05, 0.1) is 33.1 Å². The summed E-state index contributed by atoms with van der Waals surface area (Å²) in [4.78, 5) is 13.1. The molecule has 10 heteroatoms. The second-order valence-corrected chi connectivity index (χ2v) is 11.5. The second-order valence-electron chi connectivity index (χ2n) is 8.94. The van der Waals surface area contributed by atoms with Crippen molar-refractivity contribution in [2.45, 2.75) is 42.7 Å². The minimum absolute atomic E-state index is 0.0767. The van der Waals surface area contributed by atoms with E-state index in [-0.39, 0.29) is 33.3 Å². The van der Waals surface area contributed by atoms with Crippen LogP contribution in [0.15, 0.2) is 71.6 Å². The summed E-state index contributed by atoms with van der Waals surface area (Å²) >= 11 is 11.9. The Bertz CT molecular complexity index is 1520. The van der Waals surface area contributed by atoms with E-state index in [9.17, 15) is 17.6 Å². The number of allylic oxidation sites excluding steroid dienone is 1. The van der Waals surface area contributed by atoms with Crippen LogP contribution in [0.5, 0.6) is 0 Å². The standard InChI is InChI=1S/C28H24Cl2FN3O3S/c29-24-13-11-22(16-25(24)30)38(36,37)34-27(19-7-9-21(31)10-8-19)17-28(35)33-26-5-1-4-20-15-18(3-2-14-32)6-12-23(20)26/h2-3,6-13,15-16,26-27,34H,1,4-5,17H2,(H,33,35)/b3-2+. The fourth-order valence-electron chi connectivity index (χ4n) is 4.48. The third-order valence-corrected chi connectivity index (χ3v) is 8.54. The fraction of sp³-hybridized carbons (Fsp3) is 0.214. The first-order chi connectivity index (χ1) is 18.2. The van der Waals surface area contributed by atoms with Gasteiger partial charge in [-0.05, 0) is 77.9 Å². The van der Waals surface area contributed by atoms with Gasteiger partial charge in [-0.1, -0.05) is 53.5 Å². The SMILES string of the molecule is N#C/C=C/c1ccc2c(c1)CCCC2NC(=O)CC(NS(=O)(=O)c1ccc(Cl)c(Cl)c1)c1ccc(F)cc1. The van der Waals surface area contributed by atoms with Crippen molar-refractivity contribution in [1.82, 2.24) is 10.0 Å². The molecule has 2 unspecified atom stereocenters. The number of nitriles is 1. The molecule has 0 radical (unpaired) electrons. The largest absolute Gasteiger partial charge is 0.349 e. The Labute approximate surface area is 231 Å². The number of hydrogen-bond donors (Lipinski definition) is 2. The van der Waals surface area contributed by atoms with Crippen LogP contribution in [0, 0.1) is 17.1 Å². The molecular formula is C28H24Cl2FN3O3S. The Hall–Kier alpha value is -3.22. The summed E-state index contributed by atoms with van der Waals surface area (Å²) in [5, 5.41) is 12.1. The molecule has 0 aliphatic heterocycles. The van der Waals surface area contributed by atoms with Crippen LogP contribution in [0.2, 0.25) is 10.0 Å². The lowest BCUT2D eigenvalue weighted by Gasteiger charge is -2.28. The highest BCUT2D eigenvalue weighted by molar-refractivity contribution is 7.89. The Kier molecular flexibility index (Phi) is 8.85. The summed E-state index contributed by atoms with van der Waals surface area (Å²) < 4.78 is 42.4. The van der Waals surface area contributed by atoms with Crippen LogP contribution in [-0.2, 0) is 21.2 Å². The number of nitrogens with one attached hydrogen (secondary N) is 2. The van der Waals surface area contributed by atoms with Crippen molar-refractivity contribution >= 4 is 45.2 Å². The van der Waals surface area contributed by atoms with Crippen LogP contribution < -0.4 is 10.0 Å². The summed E-state index contributed by atoms with van der Waals surface area (Å²) in [5.74, 6) is -0.838. The molecular weight excluding hydrogens is 548 g/mol. The van der Waals surface area contributed by atoms with Crippen LogP contribution in [-0.4, -0.2) is 14.3 Å². The lowest BCUT2D eigenvalue weighted by atomic mass is 9.86. The quantitative estimate of drug-likeness (QED) is 0.311. The summed E-state index contributed by atoms with van der Waals surface area (Å²) in [6.45, 7) is 0. The number of carbonyl (C=O) groups excluding carboxylic acids is 1. The van der Waals surface area contributed by atoms with Crippen molar-refractivity contribution in [1.29, 1.82) is 5.26 Å². The Morgan fingerprint density at radius 3 is 2.58 bits per heavy atom. The number of amides is 1. The smallest absolute Gasteiger partial charge is 0.241 e. The third-order valence-electron chi connectivity index (χ3n) is 6.33. The second kappa shape index (κ2) is 12.1. The highest BCUT2D eigenvalue weighted by Crippen LogP contribution is 2.32. The monoisotopic (exact) mass is 571 g/mol.